The van der Waals surface area contributed by atoms with Crippen LogP contribution in [0.2, 0.25) is 0 Å². The zero-order valence-electron chi connectivity index (χ0n) is 7.39. The number of aliphatic hydroxyl groups is 2. The van der Waals surface area contributed by atoms with Crippen molar-refractivity contribution in [2.75, 3.05) is 6.61 Å². The summed E-state index contributed by atoms with van der Waals surface area (Å²) in [6, 6.07) is 0. The van der Waals surface area contributed by atoms with Gasteiger partial charge in [-0.25, -0.2) is 0 Å². The Morgan fingerprint density at radius 3 is 1.27 bits per heavy atom. The molecule has 5 heteroatoms. The van der Waals surface area contributed by atoms with E-state index < -0.39 is 0 Å². The summed E-state index contributed by atoms with van der Waals surface area (Å²) in [4.78, 5) is 0. The van der Waals surface area contributed by atoms with Gasteiger partial charge < -0.3 is 21.2 Å². The zero-order valence-corrected chi connectivity index (χ0v) is 8.95. The first-order valence-electron chi connectivity index (χ1n) is 2.94. The first-order valence-corrected chi connectivity index (χ1v) is 2.94. The van der Waals surface area contributed by atoms with Gasteiger partial charge in [-0.2, -0.15) is 0 Å². The van der Waals surface area contributed by atoms with E-state index in [1.165, 1.54) is 0 Å². The van der Waals surface area contributed by atoms with Gasteiger partial charge >= 0.3 is 0 Å². The van der Waals surface area contributed by atoms with Crippen molar-refractivity contribution in [1.29, 1.82) is 0 Å². The predicted octanol–water partition coefficient (Wildman–Crippen LogP) is -0.876. The molecule has 0 saturated heterocycles. The maximum absolute atomic E-state index is 8.06. The van der Waals surface area contributed by atoms with Crippen LogP contribution in [0, 0.1) is 0 Å². The van der Waals surface area contributed by atoms with Crippen molar-refractivity contribution in [2.24, 2.45) is 0 Å². The van der Waals surface area contributed by atoms with Crippen LogP contribution >= 0.6 is 0 Å². The topological polar surface area (TPSA) is 103 Å². The Bertz CT molecular complexity index is 31.0. The second-order valence-electron chi connectivity index (χ2n) is 1.82. The minimum Gasteiger partial charge on any atom is -0.412 e. The maximum atomic E-state index is 8.06. The average Bonchev–Trinajstić information content (AvgIpc) is 1.65. The van der Waals surface area contributed by atoms with Crippen molar-refractivity contribution in [3.05, 3.63) is 0 Å². The normalized spacial score (nSPS) is 6.00. The molecular weight excluding hydrogens is 184 g/mol. The summed E-state index contributed by atoms with van der Waals surface area (Å²) in [6.07, 6.45) is 0.708. The quantitative estimate of drug-likeness (QED) is 0.541. The van der Waals surface area contributed by atoms with E-state index in [1.807, 2.05) is 6.92 Å². The van der Waals surface area contributed by atoms with Crippen LogP contribution in [0.4, 0.5) is 0 Å². The molecule has 0 aromatic rings. The van der Waals surface area contributed by atoms with Crippen LogP contribution in [0.25, 0.3) is 0 Å². The minimum atomic E-state index is -0.167. The molecule has 0 aromatic carbocycles. The van der Waals surface area contributed by atoms with E-state index in [0.29, 0.717) is 6.61 Å². The predicted molar refractivity (Wildman–Crippen MR) is 42.0 cm³/mol. The Balaban J connectivity index is -0.0000000171. The largest absolute Gasteiger partial charge is 0.412 e. The molecule has 0 amide bonds. The molecule has 11 heavy (non-hydrogen) atoms. The van der Waals surface area contributed by atoms with Crippen LogP contribution in [-0.2, 0) is 21.7 Å². The van der Waals surface area contributed by atoms with E-state index >= 15 is 0 Å². The molecule has 72 valence electrons. The van der Waals surface area contributed by atoms with E-state index in [2.05, 4.69) is 0 Å². The van der Waals surface area contributed by atoms with Crippen LogP contribution in [0.15, 0.2) is 0 Å². The van der Waals surface area contributed by atoms with Crippen LogP contribution in [-0.4, -0.2) is 33.9 Å². The summed E-state index contributed by atoms with van der Waals surface area (Å²) < 4.78 is 0. The third kappa shape index (κ3) is 320. The SMILES string of the molecule is CC(C)O.CCCO.O.O.[Ti]. The van der Waals surface area contributed by atoms with Crippen molar-refractivity contribution in [3.63, 3.8) is 0 Å². The van der Waals surface area contributed by atoms with Gasteiger partial charge in [-0.3, -0.25) is 0 Å². The molecule has 0 radical (unpaired) electrons. The van der Waals surface area contributed by atoms with Crippen molar-refractivity contribution in [1.82, 2.24) is 0 Å². The summed E-state index contributed by atoms with van der Waals surface area (Å²) in [6.45, 7) is 5.69. The molecule has 0 atom stereocenters. The molecule has 0 aromatic heterocycles. The van der Waals surface area contributed by atoms with E-state index in [4.69, 9.17) is 10.2 Å². The average molecular weight is 204 g/mol. The minimum absolute atomic E-state index is 0. The van der Waals surface area contributed by atoms with Crippen LogP contribution in [0.1, 0.15) is 27.2 Å². The van der Waals surface area contributed by atoms with Gasteiger partial charge in [0.05, 0.1) is 0 Å². The number of rotatable bonds is 1. The summed E-state index contributed by atoms with van der Waals surface area (Å²) in [5, 5.41) is 15.9. The van der Waals surface area contributed by atoms with Crippen LogP contribution in [0.3, 0.4) is 0 Å². The molecule has 0 aliphatic rings. The Morgan fingerprint density at radius 1 is 1.18 bits per heavy atom. The molecule has 0 rings (SSSR count). The van der Waals surface area contributed by atoms with Gasteiger partial charge in [-0.1, -0.05) is 6.92 Å². The Kier molecular flexibility index (Phi) is 85.1. The Morgan fingerprint density at radius 2 is 1.27 bits per heavy atom. The zero-order chi connectivity index (χ0) is 6.99. The van der Waals surface area contributed by atoms with Crippen LogP contribution in [0.5, 0.6) is 0 Å². The van der Waals surface area contributed by atoms with Gasteiger partial charge in [-0.05, 0) is 20.3 Å². The van der Waals surface area contributed by atoms with Gasteiger partial charge in [0.1, 0.15) is 0 Å². The summed E-state index contributed by atoms with van der Waals surface area (Å²) >= 11 is 0. The van der Waals surface area contributed by atoms with Gasteiger partial charge in [0, 0.05) is 34.4 Å². The first-order chi connectivity index (χ1) is 3.65. The molecule has 6 N–H and O–H groups in total. The second kappa shape index (κ2) is 31.2. The maximum Gasteiger partial charge on any atom is 0.0483 e. The molecule has 0 aliphatic carbocycles. The molecule has 4 nitrogen and oxygen atoms in total. The van der Waals surface area contributed by atoms with Crippen LogP contribution < -0.4 is 0 Å². The smallest absolute Gasteiger partial charge is 0.0483 e. The fraction of sp³-hybridized carbons (Fsp3) is 1.00. The molecular formula is C6H20O4Ti. The molecule has 0 fully saturated rings. The molecule has 0 aliphatic heterocycles. The number of hydrogen-bond donors (Lipinski definition) is 2. The van der Waals surface area contributed by atoms with E-state index in [-0.39, 0.29) is 38.8 Å². The summed E-state index contributed by atoms with van der Waals surface area (Å²) in [7, 11) is 0. The molecule has 0 spiro atoms. The number of hydrogen-bond acceptors (Lipinski definition) is 2. The fourth-order valence-corrected chi connectivity index (χ4v) is 0. The van der Waals surface area contributed by atoms with Crippen molar-refractivity contribution >= 4 is 0 Å². The third-order valence-electron chi connectivity index (χ3n) is 0.224. The van der Waals surface area contributed by atoms with E-state index in [9.17, 15) is 0 Å². The Hall–Kier alpha value is 0.554. The fourth-order valence-electron chi connectivity index (χ4n) is 0. The van der Waals surface area contributed by atoms with E-state index in [0.717, 1.165) is 6.42 Å². The monoisotopic (exact) mass is 204 g/mol. The summed E-state index contributed by atoms with van der Waals surface area (Å²) in [5.41, 5.74) is 0. The molecule has 0 heterocycles. The Labute approximate surface area is 83.1 Å². The molecule has 0 bridgehead atoms. The number of aliphatic hydroxyl groups excluding tert-OH is 2. The van der Waals surface area contributed by atoms with Gasteiger partial charge in [-0.15, -0.1) is 0 Å². The molecule has 0 saturated carbocycles. The van der Waals surface area contributed by atoms with Crippen molar-refractivity contribution in [2.45, 2.75) is 33.3 Å². The van der Waals surface area contributed by atoms with Gasteiger partial charge in [0.25, 0.3) is 0 Å². The first kappa shape index (κ1) is 30.0. The van der Waals surface area contributed by atoms with Gasteiger partial charge in [0.15, 0.2) is 0 Å². The third-order valence-corrected chi connectivity index (χ3v) is 0.224. The second-order valence-corrected chi connectivity index (χ2v) is 1.82. The van der Waals surface area contributed by atoms with E-state index in [1.54, 1.807) is 13.8 Å². The van der Waals surface area contributed by atoms with Gasteiger partial charge in [0.2, 0.25) is 0 Å². The molecule has 0 unspecified atom stereocenters. The van der Waals surface area contributed by atoms with Crippen molar-refractivity contribution < 1.29 is 42.9 Å². The summed E-state index contributed by atoms with van der Waals surface area (Å²) in [5.74, 6) is 0. The standard InChI is InChI=1S/2C3H8O.2H2O.Ti/c1-3(2)4;1-2-3-4;;;/h3-4H,1-2H3;4H,2-3H2,1H3;2*1H2;. The van der Waals surface area contributed by atoms with Crippen molar-refractivity contribution in [3.8, 4) is 0 Å².